The minimum absolute atomic E-state index is 0.0172. The van der Waals surface area contributed by atoms with Crippen molar-refractivity contribution in [1.82, 2.24) is 34.3 Å². The van der Waals surface area contributed by atoms with Gasteiger partial charge in [0.15, 0.2) is 11.6 Å². The zero-order valence-electron chi connectivity index (χ0n) is 24.5. The monoisotopic (exact) mass is 560 g/mol. The van der Waals surface area contributed by atoms with E-state index in [4.69, 9.17) is 4.98 Å². The predicted octanol–water partition coefficient (Wildman–Crippen LogP) is 5.67. The van der Waals surface area contributed by atoms with Crippen LogP contribution < -0.4 is 5.32 Å². The van der Waals surface area contributed by atoms with Gasteiger partial charge in [0, 0.05) is 55.9 Å². The van der Waals surface area contributed by atoms with Crippen LogP contribution in [-0.4, -0.2) is 67.0 Å². The number of halogens is 2. The van der Waals surface area contributed by atoms with Crippen LogP contribution in [0.2, 0.25) is 0 Å². The molecule has 0 spiro atoms. The summed E-state index contributed by atoms with van der Waals surface area (Å²) in [6.07, 6.45) is 3.28. The Hall–Kier alpha value is -3.50. The number of benzene rings is 1. The van der Waals surface area contributed by atoms with Gasteiger partial charge >= 0.3 is 0 Å². The number of nitrogens with zero attached hydrogens (tertiary/aromatic N) is 7. The van der Waals surface area contributed by atoms with Crippen molar-refractivity contribution in [3.63, 3.8) is 0 Å². The molecule has 1 saturated heterocycles. The minimum atomic E-state index is -0.630. The van der Waals surface area contributed by atoms with Crippen molar-refractivity contribution in [2.45, 2.75) is 59.5 Å². The average molecular weight is 561 g/mol. The summed E-state index contributed by atoms with van der Waals surface area (Å²) >= 11 is 0. The van der Waals surface area contributed by atoms with Gasteiger partial charge in [-0.15, -0.1) is 0 Å². The van der Waals surface area contributed by atoms with Crippen LogP contribution in [0.25, 0.3) is 22.3 Å². The Balaban J connectivity index is 1.20. The zero-order chi connectivity index (χ0) is 28.9. The lowest BCUT2D eigenvalue weighted by molar-refractivity contribution is 0.208. The Morgan fingerprint density at radius 2 is 1.80 bits per heavy atom. The molecule has 2 aliphatic heterocycles. The summed E-state index contributed by atoms with van der Waals surface area (Å²) in [5, 5.41) is 3.13. The quantitative estimate of drug-likeness (QED) is 0.326. The maximum absolute atomic E-state index is 15.2. The molecule has 0 aliphatic carbocycles. The summed E-state index contributed by atoms with van der Waals surface area (Å²) in [5.41, 5.74) is 3.15. The first-order chi connectivity index (χ1) is 19.5. The molecule has 1 unspecified atom stereocenters. The van der Waals surface area contributed by atoms with Gasteiger partial charge in [-0.05, 0) is 70.3 Å². The van der Waals surface area contributed by atoms with Crippen molar-refractivity contribution in [3.05, 3.63) is 59.2 Å². The summed E-state index contributed by atoms with van der Waals surface area (Å²) in [6, 6.07) is 7.03. The summed E-state index contributed by atoms with van der Waals surface area (Å²) in [4.78, 5) is 22.9. The van der Waals surface area contributed by atoms with E-state index in [1.807, 2.05) is 38.3 Å². The van der Waals surface area contributed by atoms with Crippen LogP contribution in [0.15, 0.2) is 30.5 Å². The van der Waals surface area contributed by atoms with E-state index in [1.54, 1.807) is 6.07 Å². The van der Waals surface area contributed by atoms with E-state index in [9.17, 15) is 4.39 Å². The van der Waals surface area contributed by atoms with Crippen LogP contribution in [0.5, 0.6) is 0 Å². The van der Waals surface area contributed by atoms with Crippen LogP contribution in [0.1, 0.15) is 51.2 Å². The van der Waals surface area contributed by atoms with Crippen molar-refractivity contribution in [3.8, 4) is 11.3 Å². The first-order valence-corrected chi connectivity index (χ1v) is 14.5. The van der Waals surface area contributed by atoms with Gasteiger partial charge in [-0.2, -0.15) is 0 Å². The fraction of sp³-hybridized carbons (Fsp3) is 0.484. The molecule has 0 radical (unpaired) electrons. The van der Waals surface area contributed by atoms with E-state index < -0.39 is 11.6 Å². The molecule has 1 fully saturated rings. The molecule has 6 rings (SSSR count). The highest BCUT2D eigenvalue weighted by atomic mass is 19.1. The number of rotatable bonds is 6. The van der Waals surface area contributed by atoms with Gasteiger partial charge in [0.05, 0.1) is 11.7 Å². The minimum Gasteiger partial charge on any atom is -0.323 e. The third-order valence-electron chi connectivity index (χ3n) is 8.18. The standard InChI is InChI=1S/C31H38F2N8/c1-19-8-10-39(17-19)12-13-40-11-9-25-21(18-40)6-7-27(36-25)37-30-34-16-24(33)28(38-30)22-14-23(32)29-26(15-22)41(20(2)35-29)31(3,4)5/h6-7,14-16,19H,8-13,17-18H2,1-5H3,(H,34,36,37,38). The molecular formula is C31H38F2N8. The molecule has 8 nitrogen and oxygen atoms in total. The number of pyridine rings is 1. The van der Waals surface area contributed by atoms with Gasteiger partial charge < -0.3 is 14.8 Å². The summed E-state index contributed by atoms with van der Waals surface area (Å²) in [7, 11) is 0. The van der Waals surface area contributed by atoms with Gasteiger partial charge in [0.1, 0.15) is 22.9 Å². The highest BCUT2D eigenvalue weighted by Crippen LogP contribution is 2.32. The van der Waals surface area contributed by atoms with E-state index in [-0.39, 0.29) is 22.7 Å². The highest BCUT2D eigenvalue weighted by Gasteiger charge is 2.24. The van der Waals surface area contributed by atoms with Gasteiger partial charge in [-0.3, -0.25) is 4.90 Å². The number of hydrogen-bond donors (Lipinski definition) is 1. The Morgan fingerprint density at radius 3 is 2.56 bits per heavy atom. The molecule has 4 aromatic rings. The Morgan fingerprint density at radius 1 is 1.00 bits per heavy atom. The molecule has 0 bridgehead atoms. The maximum atomic E-state index is 15.2. The number of fused-ring (bicyclic) bond motifs is 2. The number of likely N-dealkylation sites (tertiary alicyclic amines) is 1. The van der Waals surface area contributed by atoms with Gasteiger partial charge in [-0.1, -0.05) is 13.0 Å². The van der Waals surface area contributed by atoms with E-state index in [2.05, 4.69) is 43.1 Å². The molecule has 41 heavy (non-hydrogen) atoms. The molecule has 1 atom stereocenters. The summed E-state index contributed by atoms with van der Waals surface area (Å²) < 4.78 is 32.1. The average Bonchev–Trinajstić information content (AvgIpc) is 3.50. The Labute approximate surface area is 239 Å². The predicted molar refractivity (Wildman–Crippen MR) is 157 cm³/mol. The van der Waals surface area contributed by atoms with Gasteiger partial charge in [-0.25, -0.2) is 28.7 Å². The van der Waals surface area contributed by atoms with Crippen molar-refractivity contribution in [1.29, 1.82) is 0 Å². The maximum Gasteiger partial charge on any atom is 0.229 e. The lowest BCUT2D eigenvalue weighted by atomic mass is 10.1. The smallest absolute Gasteiger partial charge is 0.229 e. The van der Waals surface area contributed by atoms with Crippen molar-refractivity contribution < 1.29 is 8.78 Å². The molecule has 2 aliphatic rings. The molecule has 1 N–H and O–H groups in total. The second-order valence-corrected chi connectivity index (χ2v) is 12.5. The summed E-state index contributed by atoms with van der Waals surface area (Å²) in [5.74, 6) is 1.15. The Bertz CT molecular complexity index is 1590. The molecule has 0 amide bonds. The second kappa shape index (κ2) is 10.7. The molecule has 3 aromatic heterocycles. The molecule has 5 heterocycles. The van der Waals surface area contributed by atoms with Crippen molar-refractivity contribution >= 4 is 22.8 Å². The number of imidazole rings is 1. The highest BCUT2D eigenvalue weighted by molar-refractivity contribution is 5.83. The van der Waals surface area contributed by atoms with Crippen LogP contribution in [0.4, 0.5) is 20.5 Å². The third-order valence-corrected chi connectivity index (χ3v) is 8.18. The van der Waals surface area contributed by atoms with E-state index in [0.29, 0.717) is 22.7 Å². The number of hydrogen-bond acceptors (Lipinski definition) is 7. The van der Waals surface area contributed by atoms with Gasteiger partial charge in [0.25, 0.3) is 0 Å². The number of aromatic nitrogens is 5. The first-order valence-electron chi connectivity index (χ1n) is 14.5. The van der Waals surface area contributed by atoms with E-state index >= 15 is 4.39 Å². The largest absolute Gasteiger partial charge is 0.323 e. The SMILES string of the molecule is Cc1nc2c(F)cc(-c3nc(Nc4ccc5c(n4)CCN(CCN4CCC(C)C4)C5)ncc3F)cc2n1C(C)(C)C. The molecule has 1 aromatic carbocycles. The Kier molecular flexibility index (Phi) is 7.23. The first kappa shape index (κ1) is 27.7. The van der Waals surface area contributed by atoms with Crippen molar-refractivity contribution in [2.24, 2.45) is 5.92 Å². The van der Waals surface area contributed by atoms with Gasteiger partial charge in [0.2, 0.25) is 5.95 Å². The van der Waals surface area contributed by atoms with Crippen LogP contribution >= 0.6 is 0 Å². The number of aryl methyl sites for hydroxylation is 1. The fourth-order valence-electron chi connectivity index (χ4n) is 6.23. The number of anilines is 2. The van der Waals surface area contributed by atoms with Crippen LogP contribution in [0.3, 0.4) is 0 Å². The molecule has 0 saturated carbocycles. The number of nitrogens with one attached hydrogen (secondary N) is 1. The van der Waals surface area contributed by atoms with Crippen LogP contribution in [0, 0.1) is 24.5 Å². The lowest BCUT2D eigenvalue weighted by Crippen LogP contribution is -2.37. The summed E-state index contributed by atoms with van der Waals surface area (Å²) in [6.45, 7) is 16.7. The molecular weight excluding hydrogens is 522 g/mol. The lowest BCUT2D eigenvalue weighted by Gasteiger charge is -2.30. The third kappa shape index (κ3) is 5.67. The van der Waals surface area contributed by atoms with Crippen molar-refractivity contribution in [2.75, 3.05) is 38.0 Å². The molecule has 10 heteroatoms. The molecule has 216 valence electrons. The normalized spacial score (nSPS) is 18.3. The fourth-order valence-corrected chi connectivity index (χ4v) is 6.23. The topological polar surface area (TPSA) is 75.0 Å². The second-order valence-electron chi connectivity index (χ2n) is 12.5. The zero-order valence-corrected chi connectivity index (χ0v) is 24.5. The van der Waals surface area contributed by atoms with E-state index in [0.717, 1.165) is 50.4 Å². The van der Waals surface area contributed by atoms with E-state index in [1.165, 1.54) is 31.1 Å². The van der Waals surface area contributed by atoms with Crippen LogP contribution in [-0.2, 0) is 18.5 Å².